The van der Waals surface area contributed by atoms with E-state index in [1.54, 1.807) is 16.5 Å². The van der Waals surface area contributed by atoms with E-state index < -0.39 is 0 Å². The van der Waals surface area contributed by atoms with E-state index in [0.29, 0.717) is 11.8 Å². The maximum atomic E-state index is 4.22. The molecule has 0 saturated heterocycles. The highest BCUT2D eigenvalue weighted by Crippen LogP contribution is 1.91. The van der Waals surface area contributed by atoms with Gasteiger partial charge in [0.15, 0.2) is 0 Å². The van der Waals surface area contributed by atoms with Crippen molar-refractivity contribution in [2.45, 2.75) is 0 Å². The van der Waals surface area contributed by atoms with Gasteiger partial charge >= 0.3 is 11.8 Å². The molecule has 0 unspecified atom stereocenters. The molecular weight excluding hydrogens is 226 g/mol. The largest absolute Gasteiger partial charge is 0.526 e. The maximum Gasteiger partial charge on any atom is 0.526 e. The molecule has 3 aromatic rings. The summed E-state index contributed by atoms with van der Waals surface area (Å²) in [5.41, 5.74) is 0. The van der Waals surface area contributed by atoms with Crippen LogP contribution in [0.4, 0.5) is 0 Å². The first-order chi connectivity index (χ1) is 7.93. The number of hydrogen-bond donors (Lipinski definition) is 1. The first-order valence-electron chi connectivity index (χ1n) is 4.52. The Morgan fingerprint density at radius 2 is 2.25 bits per heavy atom. The van der Waals surface area contributed by atoms with Crippen molar-refractivity contribution < 1.29 is 8.87 Å². The normalized spacial score (nSPS) is 10.5. The van der Waals surface area contributed by atoms with E-state index in [0.717, 1.165) is 0 Å². The number of aromatic amines is 1. The van der Waals surface area contributed by atoms with Gasteiger partial charge in [0.05, 0.1) is 11.3 Å². The lowest BCUT2D eigenvalue weighted by Gasteiger charge is -1.82. The molecule has 16 heavy (non-hydrogen) atoms. The lowest BCUT2D eigenvalue weighted by molar-refractivity contribution is -0.726. The van der Waals surface area contributed by atoms with Crippen LogP contribution in [0.25, 0.3) is 11.8 Å². The molecule has 0 saturated carbocycles. The molecule has 0 bridgehead atoms. The second-order valence-electron chi connectivity index (χ2n) is 2.89. The summed E-state index contributed by atoms with van der Waals surface area (Å²) < 4.78 is 1.61. The van der Waals surface area contributed by atoms with Crippen LogP contribution >= 0.6 is 11.5 Å². The summed E-state index contributed by atoms with van der Waals surface area (Å²) in [7, 11) is 0. The van der Waals surface area contributed by atoms with Crippen LogP contribution < -0.4 is 8.87 Å². The van der Waals surface area contributed by atoms with Gasteiger partial charge in [0.25, 0.3) is 0 Å². The molecule has 0 radical (unpaired) electrons. The Labute approximate surface area is 94.1 Å². The van der Waals surface area contributed by atoms with Crippen LogP contribution in [0.15, 0.2) is 36.0 Å². The molecule has 0 aliphatic rings. The number of aromatic nitrogens is 7. The van der Waals surface area contributed by atoms with Crippen molar-refractivity contribution in [2.75, 3.05) is 0 Å². The van der Waals surface area contributed by atoms with Crippen molar-refractivity contribution in [1.29, 1.82) is 0 Å². The molecule has 0 amide bonds. The zero-order chi connectivity index (χ0) is 10.8. The van der Waals surface area contributed by atoms with Crippen LogP contribution in [0.3, 0.4) is 0 Å². The number of H-pyrrole nitrogens is 1. The van der Waals surface area contributed by atoms with Gasteiger partial charge in [-0.15, -0.1) is 10.1 Å². The Morgan fingerprint density at radius 1 is 1.25 bits per heavy atom. The van der Waals surface area contributed by atoms with E-state index in [1.165, 1.54) is 16.3 Å². The van der Waals surface area contributed by atoms with E-state index in [-0.39, 0.29) is 0 Å². The molecule has 0 atom stereocenters. The van der Waals surface area contributed by atoms with Crippen molar-refractivity contribution in [1.82, 2.24) is 25.5 Å². The predicted octanol–water partition coefficient (Wildman–Crippen LogP) is -0.790. The first-order valence-corrected chi connectivity index (χ1v) is 5.36. The van der Waals surface area contributed by atoms with Gasteiger partial charge < -0.3 is 0 Å². The second-order valence-corrected chi connectivity index (χ2v) is 3.72. The standard InChI is InChI=1S/C8H6N7S/c1-2-4-9-7(3-1)14-12-8(11-13-14)15-10-5-6-16-15/h1-6H/q+1/p+1. The van der Waals surface area contributed by atoms with Crippen LogP contribution in [0.2, 0.25) is 0 Å². The molecular formula is C8H7N7S+2. The van der Waals surface area contributed by atoms with Gasteiger partial charge in [0.2, 0.25) is 0 Å². The maximum absolute atomic E-state index is 4.22. The minimum absolute atomic E-state index is 0.487. The number of hydrogen-bond acceptors (Lipinski definition) is 5. The topological polar surface area (TPSA) is 75.1 Å². The minimum Gasteiger partial charge on any atom is -0.107 e. The van der Waals surface area contributed by atoms with E-state index in [2.05, 4.69) is 25.5 Å². The van der Waals surface area contributed by atoms with E-state index in [1.807, 2.05) is 23.6 Å². The molecule has 8 heteroatoms. The molecule has 0 fully saturated rings. The summed E-state index contributed by atoms with van der Waals surface area (Å²) in [6.07, 6.45) is 3.38. The molecule has 7 nitrogen and oxygen atoms in total. The lowest BCUT2D eigenvalue weighted by atomic mass is 10.5. The zero-order valence-electron chi connectivity index (χ0n) is 8.06. The van der Waals surface area contributed by atoms with Crippen molar-refractivity contribution in [3.05, 3.63) is 36.0 Å². The Hall–Kier alpha value is -2.22. The number of tetrazole rings is 1. The average Bonchev–Trinajstić information content (AvgIpc) is 3.01. The van der Waals surface area contributed by atoms with Gasteiger partial charge in [-0.2, -0.15) is 0 Å². The van der Waals surface area contributed by atoms with Crippen LogP contribution in [0.5, 0.6) is 0 Å². The van der Waals surface area contributed by atoms with Crippen LogP contribution in [0.1, 0.15) is 0 Å². The number of rotatable bonds is 2. The third kappa shape index (κ3) is 1.54. The number of nitrogens with zero attached hydrogens (tertiary/aromatic N) is 6. The summed E-state index contributed by atoms with van der Waals surface area (Å²) in [6.45, 7) is 0. The Kier molecular flexibility index (Phi) is 2.11. The van der Waals surface area contributed by atoms with Crippen LogP contribution in [-0.2, 0) is 0 Å². The summed E-state index contributed by atoms with van der Waals surface area (Å²) in [4.78, 5) is 5.64. The van der Waals surface area contributed by atoms with Crippen LogP contribution in [0, 0.1) is 0 Å². The van der Waals surface area contributed by atoms with Crippen molar-refractivity contribution >= 4 is 11.5 Å². The highest BCUT2D eigenvalue weighted by atomic mass is 32.1. The van der Waals surface area contributed by atoms with Crippen LogP contribution in [-0.4, -0.2) is 25.5 Å². The van der Waals surface area contributed by atoms with E-state index in [4.69, 9.17) is 0 Å². The van der Waals surface area contributed by atoms with E-state index in [9.17, 15) is 0 Å². The quantitative estimate of drug-likeness (QED) is 0.589. The minimum atomic E-state index is 0.487. The molecule has 3 aromatic heterocycles. The highest BCUT2D eigenvalue weighted by molar-refractivity contribution is 6.99. The monoisotopic (exact) mass is 233 g/mol. The van der Waals surface area contributed by atoms with Crippen molar-refractivity contribution in [3.8, 4) is 11.8 Å². The molecule has 0 spiro atoms. The van der Waals surface area contributed by atoms with Gasteiger partial charge in [-0.05, 0) is 10.1 Å². The smallest absolute Gasteiger partial charge is 0.107 e. The summed E-state index contributed by atoms with van der Waals surface area (Å²) >= 11 is 1.41. The fourth-order valence-corrected chi connectivity index (χ4v) is 1.69. The first kappa shape index (κ1) is 9.04. The second kappa shape index (κ2) is 3.74. The van der Waals surface area contributed by atoms with Gasteiger partial charge in [-0.25, -0.2) is 0 Å². The zero-order valence-corrected chi connectivity index (χ0v) is 8.87. The Bertz CT molecular complexity index is 573. The van der Waals surface area contributed by atoms with Crippen molar-refractivity contribution in [2.24, 2.45) is 0 Å². The fourth-order valence-electron chi connectivity index (χ4n) is 1.19. The SMILES string of the molecule is c1ccc(-[n+]2nc(-[n+]3nccs3)n[nH]2)nc1. The van der Waals surface area contributed by atoms with Gasteiger partial charge in [0, 0.05) is 27.8 Å². The fraction of sp³-hybridized carbons (Fsp3) is 0. The Balaban J connectivity index is 2.00. The summed E-state index contributed by atoms with van der Waals surface area (Å²) in [5, 5.41) is 16.9. The third-order valence-corrected chi connectivity index (χ3v) is 2.57. The number of nitrogens with one attached hydrogen (secondary N) is 1. The Morgan fingerprint density at radius 3 is 3.00 bits per heavy atom. The molecule has 1 N–H and O–H groups in total. The molecule has 3 rings (SSSR count). The molecule has 0 aliphatic heterocycles. The molecule has 78 valence electrons. The average molecular weight is 233 g/mol. The van der Waals surface area contributed by atoms with Crippen molar-refractivity contribution in [3.63, 3.8) is 0 Å². The van der Waals surface area contributed by atoms with E-state index >= 15 is 0 Å². The number of pyridine rings is 1. The van der Waals surface area contributed by atoms with Gasteiger partial charge in [0.1, 0.15) is 11.3 Å². The summed E-state index contributed by atoms with van der Waals surface area (Å²) in [5.74, 6) is 1.17. The van der Waals surface area contributed by atoms with Gasteiger partial charge in [-0.3, -0.25) is 0 Å². The molecule has 3 heterocycles. The highest BCUT2D eigenvalue weighted by Gasteiger charge is 2.21. The summed E-state index contributed by atoms with van der Waals surface area (Å²) in [6, 6.07) is 5.56. The molecule has 0 aliphatic carbocycles. The third-order valence-electron chi connectivity index (χ3n) is 1.86. The lowest BCUT2D eigenvalue weighted by Crippen LogP contribution is -2.39. The molecule has 0 aromatic carbocycles. The predicted molar refractivity (Wildman–Crippen MR) is 52.9 cm³/mol. The van der Waals surface area contributed by atoms with Gasteiger partial charge in [-0.1, -0.05) is 11.3 Å².